The van der Waals surface area contributed by atoms with Gasteiger partial charge in [-0.25, -0.2) is 4.72 Å². The molecule has 0 aromatic rings. The molecule has 19 heavy (non-hydrogen) atoms. The molecule has 1 aliphatic rings. The van der Waals surface area contributed by atoms with Gasteiger partial charge in [-0.3, -0.25) is 4.79 Å². The second kappa shape index (κ2) is 6.67. The van der Waals surface area contributed by atoms with Crippen LogP contribution in [0.25, 0.3) is 0 Å². The van der Waals surface area contributed by atoms with E-state index in [9.17, 15) is 13.2 Å². The molecule has 0 radical (unpaired) electrons. The van der Waals surface area contributed by atoms with Crippen molar-refractivity contribution in [3.8, 4) is 0 Å². The summed E-state index contributed by atoms with van der Waals surface area (Å²) in [5, 5.41) is 8.90. The van der Waals surface area contributed by atoms with E-state index in [4.69, 9.17) is 5.11 Å². The largest absolute Gasteiger partial charge is 0.481 e. The summed E-state index contributed by atoms with van der Waals surface area (Å²) in [6, 6.07) is -0.0831. The van der Waals surface area contributed by atoms with Gasteiger partial charge in [0.15, 0.2) is 0 Å². The molecule has 0 amide bonds. The van der Waals surface area contributed by atoms with Crippen LogP contribution in [0.15, 0.2) is 0 Å². The smallest absolute Gasteiger partial charge is 0.306 e. The van der Waals surface area contributed by atoms with Crippen molar-refractivity contribution >= 4 is 16.2 Å². The zero-order valence-electron chi connectivity index (χ0n) is 11.8. The van der Waals surface area contributed by atoms with Gasteiger partial charge in [-0.1, -0.05) is 0 Å². The Kier molecular flexibility index (Phi) is 5.76. The Hall–Kier alpha value is -0.660. The molecule has 0 unspecified atom stereocenters. The van der Waals surface area contributed by atoms with Gasteiger partial charge in [-0.2, -0.15) is 12.7 Å². The van der Waals surface area contributed by atoms with Crippen molar-refractivity contribution in [2.75, 3.05) is 13.6 Å². The summed E-state index contributed by atoms with van der Waals surface area (Å²) >= 11 is 0. The Labute approximate surface area is 115 Å². The van der Waals surface area contributed by atoms with Crippen LogP contribution < -0.4 is 4.72 Å². The van der Waals surface area contributed by atoms with E-state index in [-0.39, 0.29) is 17.9 Å². The van der Waals surface area contributed by atoms with E-state index in [1.165, 1.54) is 4.31 Å². The maximum absolute atomic E-state index is 11.9. The number of hydrogen-bond acceptors (Lipinski definition) is 3. The van der Waals surface area contributed by atoms with Gasteiger partial charge in [-0.15, -0.1) is 0 Å². The Morgan fingerprint density at radius 2 is 1.84 bits per heavy atom. The average molecular weight is 292 g/mol. The van der Waals surface area contributed by atoms with Gasteiger partial charge in [0.05, 0.1) is 5.92 Å². The third-order valence-corrected chi connectivity index (χ3v) is 5.57. The Balaban J connectivity index is 2.41. The standard InChI is InChI=1S/C12H24N2O4S/c1-9(2)14(3)19(17,18)13-8-10-4-6-11(7-5-10)12(15)16/h9-11,13H,4-8H2,1-3H3,(H,15,16). The van der Waals surface area contributed by atoms with Crippen molar-refractivity contribution in [3.05, 3.63) is 0 Å². The molecule has 7 heteroatoms. The number of nitrogens with one attached hydrogen (secondary N) is 1. The maximum Gasteiger partial charge on any atom is 0.306 e. The first-order valence-corrected chi connectivity index (χ1v) is 8.13. The predicted octanol–water partition coefficient (Wildman–Crippen LogP) is 1.05. The summed E-state index contributed by atoms with van der Waals surface area (Å²) in [5.74, 6) is -0.754. The minimum Gasteiger partial charge on any atom is -0.481 e. The summed E-state index contributed by atoms with van der Waals surface area (Å²) in [6.07, 6.45) is 2.82. The van der Waals surface area contributed by atoms with Crippen molar-refractivity contribution in [1.29, 1.82) is 0 Å². The summed E-state index contributed by atoms with van der Waals surface area (Å²) in [4.78, 5) is 10.8. The molecule has 0 atom stereocenters. The van der Waals surface area contributed by atoms with E-state index in [0.29, 0.717) is 19.4 Å². The molecule has 0 aliphatic heterocycles. The normalized spacial score (nSPS) is 24.9. The molecular weight excluding hydrogens is 268 g/mol. The quantitative estimate of drug-likeness (QED) is 0.766. The van der Waals surface area contributed by atoms with E-state index in [1.807, 2.05) is 13.8 Å². The highest BCUT2D eigenvalue weighted by molar-refractivity contribution is 7.87. The van der Waals surface area contributed by atoms with Crippen LogP contribution in [-0.4, -0.2) is 43.4 Å². The Morgan fingerprint density at radius 1 is 1.32 bits per heavy atom. The number of aliphatic carboxylic acids is 1. The van der Waals surface area contributed by atoms with E-state index in [2.05, 4.69) is 4.72 Å². The van der Waals surface area contributed by atoms with E-state index in [0.717, 1.165) is 12.8 Å². The van der Waals surface area contributed by atoms with Crippen molar-refractivity contribution in [1.82, 2.24) is 9.03 Å². The molecule has 0 heterocycles. The fraction of sp³-hybridized carbons (Fsp3) is 0.917. The highest BCUT2D eigenvalue weighted by atomic mass is 32.2. The first-order valence-electron chi connectivity index (χ1n) is 6.69. The van der Waals surface area contributed by atoms with Crippen LogP contribution in [0.5, 0.6) is 0 Å². The van der Waals surface area contributed by atoms with Crippen LogP contribution in [0.1, 0.15) is 39.5 Å². The summed E-state index contributed by atoms with van der Waals surface area (Å²) in [6.45, 7) is 4.03. The summed E-state index contributed by atoms with van der Waals surface area (Å²) in [5.41, 5.74) is 0. The molecule has 1 fully saturated rings. The minimum absolute atomic E-state index is 0.0831. The predicted molar refractivity (Wildman–Crippen MR) is 72.9 cm³/mol. The van der Waals surface area contributed by atoms with E-state index in [1.54, 1.807) is 7.05 Å². The maximum atomic E-state index is 11.9. The molecule has 112 valence electrons. The molecule has 1 saturated carbocycles. The number of carbonyl (C=O) groups is 1. The molecular formula is C12H24N2O4S. The lowest BCUT2D eigenvalue weighted by Gasteiger charge is -2.27. The average Bonchev–Trinajstić information content (AvgIpc) is 2.35. The SMILES string of the molecule is CC(C)N(C)S(=O)(=O)NCC1CCC(C(=O)O)CC1. The molecule has 2 N–H and O–H groups in total. The molecule has 0 bridgehead atoms. The van der Waals surface area contributed by atoms with Crippen LogP contribution in [0.3, 0.4) is 0 Å². The highest BCUT2D eigenvalue weighted by Crippen LogP contribution is 2.28. The summed E-state index contributed by atoms with van der Waals surface area (Å²) in [7, 11) is -1.87. The number of carboxylic acid groups (broad SMARTS) is 1. The zero-order chi connectivity index (χ0) is 14.6. The lowest BCUT2D eigenvalue weighted by molar-refractivity contribution is -0.143. The van der Waals surface area contributed by atoms with Crippen LogP contribution in [-0.2, 0) is 15.0 Å². The van der Waals surface area contributed by atoms with Crippen molar-refractivity contribution < 1.29 is 18.3 Å². The second-order valence-electron chi connectivity index (χ2n) is 5.52. The van der Waals surface area contributed by atoms with Gasteiger partial charge in [0.2, 0.25) is 0 Å². The molecule has 6 nitrogen and oxygen atoms in total. The van der Waals surface area contributed by atoms with Crippen LogP contribution in [0.2, 0.25) is 0 Å². The lowest BCUT2D eigenvalue weighted by Crippen LogP contribution is -2.43. The minimum atomic E-state index is -3.42. The number of nitrogens with zero attached hydrogens (tertiary/aromatic N) is 1. The molecule has 0 saturated heterocycles. The Bertz CT molecular complexity index is 400. The fourth-order valence-electron chi connectivity index (χ4n) is 2.22. The Morgan fingerprint density at radius 3 is 2.26 bits per heavy atom. The van der Waals surface area contributed by atoms with E-state index < -0.39 is 16.2 Å². The van der Waals surface area contributed by atoms with Gasteiger partial charge >= 0.3 is 5.97 Å². The molecule has 0 spiro atoms. The van der Waals surface area contributed by atoms with Gasteiger partial charge in [0.25, 0.3) is 10.2 Å². The number of rotatable bonds is 6. The van der Waals surface area contributed by atoms with Crippen molar-refractivity contribution in [2.45, 2.75) is 45.6 Å². The van der Waals surface area contributed by atoms with Gasteiger partial charge in [0.1, 0.15) is 0 Å². The van der Waals surface area contributed by atoms with Crippen LogP contribution >= 0.6 is 0 Å². The first kappa shape index (κ1) is 16.4. The zero-order valence-corrected chi connectivity index (χ0v) is 12.6. The highest BCUT2D eigenvalue weighted by Gasteiger charge is 2.27. The van der Waals surface area contributed by atoms with Crippen molar-refractivity contribution in [2.24, 2.45) is 11.8 Å². The van der Waals surface area contributed by atoms with Crippen LogP contribution in [0.4, 0.5) is 0 Å². The number of carboxylic acids is 1. The van der Waals surface area contributed by atoms with Gasteiger partial charge in [-0.05, 0) is 45.4 Å². The van der Waals surface area contributed by atoms with Gasteiger partial charge < -0.3 is 5.11 Å². The monoisotopic (exact) mass is 292 g/mol. The lowest BCUT2D eigenvalue weighted by atomic mass is 9.82. The second-order valence-corrected chi connectivity index (χ2v) is 7.33. The topological polar surface area (TPSA) is 86.7 Å². The first-order chi connectivity index (χ1) is 8.74. The molecule has 1 rings (SSSR count). The van der Waals surface area contributed by atoms with Crippen molar-refractivity contribution in [3.63, 3.8) is 0 Å². The van der Waals surface area contributed by atoms with Crippen LogP contribution in [0, 0.1) is 11.8 Å². The van der Waals surface area contributed by atoms with Gasteiger partial charge in [0, 0.05) is 19.6 Å². The fourth-order valence-corrected chi connectivity index (χ4v) is 3.42. The third kappa shape index (κ3) is 4.74. The molecule has 1 aliphatic carbocycles. The number of hydrogen-bond donors (Lipinski definition) is 2. The van der Waals surface area contributed by atoms with E-state index >= 15 is 0 Å². The molecule has 0 aromatic heterocycles. The third-order valence-electron chi connectivity index (χ3n) is 3.86. The summed E-state index contributed by atoms with van der Waals surface area (Å²) < 4.78 is 27.7. The molecule has 0 aromatic carbocycles.